The number of piperidine rings is 1. The van der Waals surface area contributed by atoms with Crippen molar-refractivity contribution in [1.82, 2.24) is 10.2 Å². The average Bonchev–Trinajstić information content (AvgIpc) is 2.69. The maximum Gasteiger partial charge on any atom is 0.251 e. The van der Waals surface area contributed by atoms with E-state index in [1.807, 2.05) is 11.0 Å². The van der Waals surface area contributed by atoms with Crippen molar-refractivity contribution in [3.63, 3.8) is 0 Å². The number of carbonyl (C=O) groups is 2. The van der Waals surface area contributed by atoms with Crippen LogP contribution in [0.5, 0.6) is 11.5 Å². The quantitative estimate of drug-likeness (QED) is 0.745. The molecule has 0 bridgehead atoms. The molecule has 2 amide bonds. The fourth-order valence-corrected chi connectivity index (χ4v) is 3.05. The predicted octanol–water partition coefficient (Wildman–Crippen LogP) is 2.88. The molecular formula is C21H30N2O4. The number of likely N-dealkylation sites (tertiary alicyclic amines) is 1. The van der Waals surface area contributed by atoms with Crippen molar-refractivity contribution in [3.8, 4) is 11.5 Å². The monoisotopic (exact) mass is 374 g/mol. The summed E-state index contributed by atoms with van der Waals surface area (Å²) < 4.78 is 10.4. The van der Waals surface area contributed by atoms with Gasteiger partial charge in [0.15, 0.2) is 11.5 Å². The minimum Gasteiger partial charge on any atom is -0.493 e. The Morgan fingerprint density at radius 1 is 1.19 bits per heavy atom. The van der Waals surface area contributed by atoms with E-state index in [1.165, 1.54) is 0 Å². The van der Waals surface area contributed by atoms with Crippen molar-refractivity contribution in [2.45, 2.75) is 26.7 Å². The third kappa shape index (κ3) is 6.01. The molecule has 6 heteroatoms. The number of ether oxygens (including phenoxy) is 2. The topological polar surface area (TPSA) is 67.9 Å². The second kappa shape index (κ2) is 10.00. The highest BCUT2D eigenvalue weighted by Gasteiger charge is 2.22. The summed E-state index contributed by atoms with van der Waals surface area (Å²) in [5.41, 5.74) is 0.541. The molecule has 2 rings (SSSR count). The first kappa shape index (κ1) is 20.8. The Morgan fingerprint density at radius 2 is 1.85 bits per heavy atom. The summed E-state index contributed by atoms with van der Waals surface area (Å²) in [7, 11) is 3.11. The van der Waals surface area contributed by atoms with Gasteiger partial charge < -0.3 is 19.7 Å². The van der Waals surface area contributed by atoms with Crippen LogP contribution in [0.4, 0.5) is 0 Å². The molecule has 1 N–H and O–H groups in total. The number of allylic oxidation sites excluding steroid dienone is 1. The zero-order valence-corrected chi connectivity index (χ0v) is 16.7. The first-order valence-electron chi connectivity index (χ1n) is 9.42. The Labute approximate surface area is 161 Å². The van der Waals surface area contributed by atoms with Crippen LogP contribution in [0.3, 0.4) is 0 Å². The van der Waals surface area contributed by atoms with E-state index in [1.54, 1.807) is 38.5 Å². The first-order valence-corrected chi connectivity index (χ1v) is 9.42. The van der Waals surface area contributed by atoms with Crippen LogP contribution in [-0.2, 0) is 4.79 Å². The van der Waals surface area contributed by atoms with Gasteiger partial charge in [-0.25, -0.2) is 0 Å². The molecular weight excluding hydrogens is 344 g/mol. The zero-order valence-electron chi connectivity index (χ0n) is 16.7. The summed E-state index contributed by atoms with van der Waals surface area (Å²) in [5.74, 6) is 1.83. The number of nitrogens with zero attached hydrogens (tertiary/aromatic N) is 1. The number of amides is 2. The highest BCUT2D eigenvalue weighted by Crippen LogP contribution is 2.27. The van der Waals surface area contributed by atoms with Crippen LogP contribution >= 0.6 is 0 Å². The maximum absolute atomic E-state index is 12.4. The van der Waals surface area contributed by atoms with Crippen LogP contribution in [0.15, 0.2) is 30.4 Å². The average molecular weight is 374 g/mol. The van der Waals surface area contributed by atoms with Crippen molar-refractivity contribution in [1.29, 1.82) is 0 Å². The molecule has 0 unspecified atom stereocenters. The van der Waals surface area contributed by atoms with Gasteiger partial charge >= 0.3 is 0 Å². The third-order valence-corrected chi connectivity index (χ3v) is 4.75. The van der Waals surface area contributed by atoms with Crippen molar-refractivity contribution < 1.29 is 19.1 Å². The third-order valence-electron chi connectivity index (χ3n) is 4.75. The minimum atomic E-state index is -0.130. The lowest BCUT2D eigenvalue weighted by Crippen LogP contribution is -2.41. The summed E-state index contributed by atoms with van der Waals surface area (Å²) >= 11 is 0. The number of benzene rings is 1. The van der Waals surface area contributed by atoms with Gasteiger partial charge in [-0.1, -0.05) is 19.9 Å². The number of hydrogen-bond acceptors (Lipinski definition) is 4. The second-order valence-electron chi connectivity index (χ2n) is 7.15. The Bertz CT molecular complexity index is 677. The molecule has 1 saturated heterocycles. The van der Waals surface area contributed by atoms with Crippen LogP contribution in [0.2, 0.25) is 0 Å². The van der Waals surface area contributed by atoms with Crippen LogP contribution in [-0.4, -0.2) is 50.6 Å². The van der Waals surface area contributed by atoms with Gasteiger partial charge in [-0.05, 0) is 49.0 Å². The Kier molecular flexibility index (Phi) is 7.70. The van der Waals surface area contributed by atoms with E-state index < -0.39 is 0 Å². The van der Waals surface area contributed by atoms with Gasteiger partial charge in [0.1, 0.15) is 0 Å². The molecule has 0 aromatic heterocycles. The molecule has 0 saturated carbocycles. The van der Waals surface area contributed by atoms with E-state index in [2.05, 4.69) is 19.2 Å². The molecule has 1 aromatic rings. The maximum atomic E-state index is 12.4. The zero-order chi connectivity index (χ0) is 19.8. The normalized spacial score (nSPS) is 15.2. The minimum absolute atomic E-state index is 0.0801. The van der Waals surface area contributed by atoms with Gasteiger partial charge in [-0.3, -0.25) is 9.59 Å². The highest BCUT2D eigenvalue weighted by atomic mass is 16.5. The lowest BCUT2D eigenvalue weighted by molar-refractivity contribution is -0.127. The van der Waals surface area contributed by atoms with Gasteiger partial charge in [0, 0.05) is 25.2 Å². The molecule has 1 aliphatic rings. The number of rotatable bonds is 7. The Hall–Kier alpha value is -2.50. The van der Waals surface area contributed by atoms with E-state index in [0.29, 0.717) is 35.4 Å². The molecule has 1 heterocycles. The fourth-order valence-electron chi connectivity index (χ4n) is 3.05. The number of hydrogen-bond donors (Lipinski definition) is 1. The molecule has 0 spiro atoms. The van der Waals surface area contributed by atoms with Crippen molar-refractivity contribution in [2.75, 3.05) is 33.9 Å². The van der Waals surface area contributed by atoms with Crippen LogP contribution in [0.1, 0.15) is 37.0 Å². The molecule has 1 aromatic carbocycles. The molecule has 0 aliphatic carbocycles. The summed E-state index contributed by atoms with van der Waals surface area (Å²) in [6.07, 6.45) is 5.39. The summed E-state index contributed by atoms with van der Waals surface area (Å²) in [6.45, 7) is 6.18. The number of carbonyl (C=O) groups excluding carboxylic acids is 2. The summed E-state index contributed by atoms with van der Waals surface area (Å²) in [5, 5.41) is 2.99. The van der Waals surface area contributed by atoms with Gasteiger partial charge in [0.05, 0.1) is 14.2 Å². The second-order valence-corrected chi connectivity index (χ2v) is 7.15. The van der Waals surface area contributed by atoms with Crippen LogP contribution in [0, 0.1) is 11.8 Å². The molecule has 0 radical (unpaired) electrons. The molecule has 148 valence electrons. The lowest BCUT2D eigenvalue weighted by Gasteiger charge is -2.31. The van der Waals surface area contributed by atoms with E-state index >= 15 is 0 Å². The van der Waals surface area contributed by atoms with E-state index in [4.69, 9.17) is 9.47 Å². The molecule has 1 fully saturated rings. The van der Waals surface area contributed by atoms with Crippen molar-refractivity contribution in [3.05, 3.63) is 35.9 Å². The van der Waals surface area contributed by atoms with E-state index in [9.17, 15) is 9.59 Å². The smallest absolute Gasteiger partial charge is 0.251 e. The van der Waals surface area contributed by atoms with Gasteiger partial charge in [-0.15, -0.1) is 0 Å². The Balaban J connectivity index is 1.81. The highest BCUT2D eigenvalue weighted by molar-refractivity contribution is 5.94. The Morgan fingerprint density at radius 3 is 2.44 bits per heavy atom. The molecule has 1 aliphatic heterocycles. The van der Waals surface area contributed by atoms with E-state index in [0.717, 1.165) is 25.9 Å². The van der Waals surface area contributed by atoms with Crippen LogP contribution in [0.25, 0.3) is 0 Å². The van der Waals surface area contributed by atoms with Gasteiger partial charge in [0.25, 0.3) is 5.91 Å². The van der Waals surface area contributed by atoms with E-state index in [-0.39, 0.29) is 11.8 Å². The molecule has 0 atom stereocenters. The van der Waals surface area contributed by atoms with Crippen molar-refractivity contribution >= 4 is 11.8 Å². The van der Waals surface area contributed by atoms with Gasteiger partial charge in [0.2, 0.25) is 5.91 Å². The van der Waals surface area contributed by atoms with Crippen LogP contribution < -0.4 is 14.8 Å². The summed E-state index contributed by atoms with van der Waals surface area (Å²) in [6, 6.07) is 5.12. The number of methoxy groups -OCH3 is 2. The lowest BCUT2D eigenvalue weighted by atomic mass is 9.96. The predicted molar refractivity (Wildman–Crippen MR) is 105 cm³/mol. The largest absolute Gasteiger partial charge is 0.493 e. The number of nitrogens with one attached hydrogen (secondary N) is 1. The SMILES string of the molecule is COc1ccc(C(=O)NCC2CCN(C(=O)/C=C/C(C)C)CC2)cc1OC. The first-order chi connectivity index (χ1) is 12.9. The standard InChI is InChI=1S/C21H30N2O4/c1-15(2)5-8-20(24)23-11-9-16(10-12-23)14-22-21(25)17-6-7-18(26-3)19(13-17)27-4/h5-8,13,15-16H,9-12,14H2,1-4H3,(H,22,25)/b8-5+. The van der Waals surface area contributed by atoms with Crippen molar-refractivity contribution in [2.24, 2.45) is 11.8 Å². The molecule has 27 heavy (non-hydrogen) atoms. The fraction of sp³-hybridized carbons (Fsp3) is 0.524. The molecule has 6 nitrogen and oxygen atoms in total. The van der Waals surface area contributed by atoms with Gasteiger partial charge in [-0.2, -0.15) is 0 Å². The summed E-state index contributed by atoms with van der Waals surface area (Å²) in [4.78, 5) is 26.4.